The van der Waals surface area contributed by atoms with Crippen molar-refractivity contribution < 1.29 is 0 Å². The molecule has 0 saturated carbocycles. The minimum atomic E-state index is 0. The maximum atomic E-state index is 4.95. The quantitative estimate of drug-likeness (QED) is 0.333. The first-order valence-electron chi connectivity index (χ1n) is 11.9. The number of nitrogens with zero attached hydrogens (tertiary/aromatic N) is 5. The van der Waals surface area contributed by atoms with Crippen LogP contribution in [0.1, 0.15) is 55.7 Å². The standard InChI is InChI=1S/C25H38N6.HI/c1-4-26-25(31-14-11-23(19-31)24-16-28-29(3)18-24)27-15-21-5-7-22(8-6-21)17-30-12-9-20(2)10-13-30;/h5-8,16,18,20,23H,4,9-15,17,19H2,1-3H3,(H,26,27);1H. The van der Waals surface area contributed by atoms with E-state index in [0.29, 0.717) is 5.92 Å². The van der Waals surface area contributed by atoms with Gasteiger partial charge in [0, 0.05) is 45.3 Å². The zero-order valence-electron chi connectivity index (χ0n) is 19.8. The third-order valence-electron chi connectivity index (χ3n) is 6.74. The van der Waals surface area contributed by atoms with Crippen LogP contribution in [0.5, 0.6) is 0 Å². The molecule has 0 bridgehead atoms. The van der Waals surface area contributed by atoms with Gasteiger partial charge in [0.2, 0.25) is 0 Å². The maximum absolute atomic E-state index is 4.95. The van der Waals surface area contributed by atoms with Crippen molar-refractivity contribution in [1.82, 2.24) is 24.9 Å². The smallest absolute Gasteiger partial charge is 0.194 e. The fourth-order valence-electron chi connectivity index (χ4n) is 4.70. The van der Waals surface area contributed by atoms with Crippen molar-refractivity contribution >= 4 is 29.9 Å². The highest BCUT2D eigenvalue weighted by atomic mass is 127. The molecule has 0 radical (unpaired) electrons. The van der Waals surface area contributed by atoms with Crippen LogP contribution in [0, 0.1) is 5.92 Å². The molecule has 1 N–H and O–H groups in total. The second kappa shape index (κ2) is 12.0. The first kappa shape index (κ1) is 25.0. The van der Waals surface area contributed by atoms with E-state index >= 15 is 0 Å². The summed E-state index contributed by atoms with van der Waals surface area (Å²) in [6, 6.07) is 9.06. The Labute approximate surface area is 210 Å². The molecule has 0 aliphatic carbocycles. The molecular weight excluding hydrogens is 511 g/mol. The third-order valence-corrected chi connectivity index (χ3v) is 6.74. The molecule has 0 amide bonds. The number of aryl methyl sites for hydroxylation is 1. The summed E-state index contributed by atoms with van der Waals surface area (Å²) in [5, 5.41) is 7.83. The van der Waals surface area contributed by atoms with Crippen LogP contribution in [0.2, 0.25) is 0 Å². The minimum absolute atomic E-state index is 0. The average Bonchev–Trinajstić information content (AvgIpc) is 3.43. The molecule has 2 fully saturated rings. The van der Waals surface area contributed by atoms with E-state index in [2.05, 4.69) is 64.5 Å². The summed E-state index contributed by atoms with van der Waals surface area (Å²) in [5.74, 6) is 2.45. The van der Waals surface area contributed by atoms with Crippen molar-refractivity contribution in [3.8, 4) is 0 Å². The Kier molecular flexibility index (Phi) is 9.40. The Hall–Kier alpha value is -1.61. The van der Waals surface area contributed by atoms with Crippen molar-refractivity contribution in [2.24, 2.45) is 18.0 Å². The first-order chi connectivity index (χ1) is 15.1. The van der Waals surface area contributed by atoms with Crippen molar-refractivity contribution in [1.29, 1.82) is 0 Å². The molecule has 1 atom stereocenters. The van der Waals surface area contributed by atoms with Crippen LogP contribution in [-0.4, -0.2) is 58.3 Å². The minimum Gasteiger partial charge on any atom is -0.357 e. The molecule has 1 aromatic heterocycles. The predicted octanol–water partition coefficient (Wildman–Crippen LogP) is 4.23. The lowest BCUT2D eigenvalue weighted by Crippen LogP contribution is -2.40. The van der Waals surface area contributed by atoms with Crippen LogP contribution >= 0.6 is 24.0 Å². The maximum Gasteiger partial charge on any atom is 0.194 e. The highest BCUT2D eigenvalue weighted by Crippen LogP contribution is 2.26. The lowest BCUT2D eigenvalue weighted by molar-refractivity contribution is 0.185. The second-order valence-corrected chi connectivity index (χ2v) is 9.32. The monoisotopic (exact) mass is 550 g/mol. The van der Waals surface area contributed by atoms with Gasteiger partial charge in [-0.3, -0.25) is 9.58 Å². The largest absolute Gasteiger partial charge is 0.357 e. The van der Waals surface area contributed by atoms with E-state index in [1.807, 2.05) is 17.9 Å². The third kappa shape index (κ3) is 6.70. The average molecular weight is 551 g/mol. The van der Waals surface area contributed by atoms with Gasteiger partial charge in [0.1, 0.15) is 0 Å². The zero-order chi connectivity index (χ0) is 21.6. The van der Waals surface area contributed by atoms with E-state index in [0.717, 1.165) is 51.0 Å². The number of aliphatic imine (C=N–C) groups is 1. The molecule has 6 nitrogen and oxygen atoms in total. The fraction of sp³-hybridized carbons (Fsp3) is 0.600. The number of likely N-dealkylation sites (tertiary alicyclic amines) is 2. The van der Waals surface area contributed by atoms with Crippen LogP contribution in [0.4, 0.5) is 0 Å². The molecule has 176 valence electrons. The SMILES string of the molecule is CCNC(=NCc1ccc(CN2CCC(C)CC2)cc1)N1CCC(c2cnn(C)c2)C1.I. The van der Waals surface area contributed by atoms with Gasteiger partial charge >= 0.3 is 0 Å². The van der Waals surface area contributed by atoms with E-state index in [-0.39, 0.29) is 24.0 Å². The Morgan fingerprint density at radius 2 is 1.81 bits per heavy atom. The molecule has 1 unspecified atom stereocenters. The summed E-state index contributed by atoms with van der Waals surface area (Å²) in [6.07, 6.45) is 7.96. The van der Waals surface area contributed by atoms with E-state index in [1.54, 1.807) is 0 Å². The van der Waals surface area contributed by atoms with E-state index in [1.165, 1.54) is 42.6 Å². The topological polar surface area (TPSA) is 48.7 Å². The molecule has 2 aliphatic rings. The van der Waals surface area contributed by atoms with Crippen molar-refractivity contribution in [2.75, 3.05) is 32.7 Å². The van der Waals surface area contributed by atoms with Crippen molar-refractivity contribution in [3.05, 3.63) is 53.3 Å². The van der Waals surface area contributed by atoms with Gasteiger partial charge in [-0.25, -0.2) is 4.99 Å². The lowest BCUT2D eigenvalue weighted by atomic mass is 9.99. The van der Waals surface area contributed by atoms with Gasteiger partial charge in [-0.05, 0) is 61.9 Å². The summed E-state index contributed by atoms with van der Waals surface area (Å²) in [6.45, 7) is 11.7. The molecule has 1 aromatic carbocycles. The van der Waals surface area contributed by atoms with Gasteiger partial charge in [0.25, 0.3) is 0 Å². The number of nitrogens with one attached hydrogen (secondary N) is 1. The van der Waals surface area contributed by atoms with Gasteiger partial charge in [-0.2, -0.15) is 5.10 Å². The summed E-state index contributed by atoms with van der Waals surface area (Å²) in [5.41, 5.74) is 4.02. The Bertz CT molecular complexity index is 854. The van der Waals surface area contributed by atoms with Crippen LogP contribution < -0.4 is 5.32 Å². The van der Waals surface area contributed by atoms with E-state index < -0.39 is 0 Å². The van der Waals surface area contributed by atoms with Crippen molar-refractivity contribution in [3.63, 3.8) is 0 Å². The molecule has 32 heavy (non-hydrogen) atoms. The van der Waals surface area contributed by atoms with Gasteiger partial charge in [-0.1, -0.05) is 31.2 Å². The van der Waals surface area contributed by atoms with Gasteiger partial charge < -0.3 is 10.2 Å². The number of aromatic nitrogens is 2. The molecule has 4 rings (SSSR count). The summed E-state index contributed by atoms with van der Waals surface area (Å²) in [4.78, 5) is 9.93. The van der Waals surface area contributed by atoms with Crippen LogP contribution in [0.25, 0.3) is 0 Å². The lowest BCUT2D eigenvalue weighted by Gasteiger charge is -2.30. The summed E-state index contributed by atoms with van der Waals surface area (Å²) in [7, 11) is 1.99. The number of rotatable bonds is 6. The van der Waals surface area contributed by atoms with E-state index in [9.17, 15) is 0 Å². The highest BCUT2D eigenvalue weighted by Gasteiger charge is 2.26. The molecule has 2 aromatic rings. The highest BCUT2D eigenvalue weighted by molar-refractivity contribution is 14.0. The normalized spacial score (nSPS) is 20.4. The number of piperidine rings is 1. The summed E-state index contributed by atoms with van der Waals surface area (Å²) < 4.78 is 1.90. The fourth-order valence-corrected chi connectivity index (χ4v) is 4.70. The number of guanidine groups is 1. The van der Waals surface area contributed by atoms with Gasteiger partial charge in [0.15, 0.2) is 5.96 Å². The molecule has 3 heterocycles. The molecule has 0 spiro atoms. The summed E-state index contributed by atoms with van der Waals surface area (Å²) >= 11 is 0. The van der Waals surface area contributed by atoms with Crippen molar-refractivity contribution in [2.45, 2.75) is 52.1 Å². The number of hydrogen-bond acceptors (Lipinski definition) is 3. The zero-order valence-corrected chi connectivity index (χ0v) is 22.2. The number of halogens is 1. The molecule has 7 heteroatoms. The van der Waals surface area contributed by atoms with Crippen LogP contribution in [-0.2, 0) is 20.1 Å². The molecule has 2 aliphatic heterocycles. The predicted molar refractivity (Wildman–Crippen MR) is 142 cm³/mol. The van der Waals surface area contributed by atoms with Crippen LogP contribution in [0.15, 0.2) is 41.7 Å². The number of benzene rings is 1. The number of hydrogen-bond donors (Lipinski definition) is 1. The van der Waals surface area contributed by atoms with Crippen LogP contribution in [0.3, 0.4) is 0 Å². The Morgan fingerprint density at radius 1 is 1.09 bits per heavy atom. The van der Waals surface area contributed by atoms with Gasteiger partial charge in [0.05, 0.1) is 12.7 Å². The Morgan fingerprint density at radius 3 is 2.47 bits per heavy atom. The van der Waals surface area contributed by atoms with Gasteiger partial charge in [-0.15, -0.1) is 24.0 Å². The first-order valence-corrected chi connectivity index (χ1v) is 11.9. The molecule has 2 saturated heterocycles. The Balaban J connectivity index is 0.00000289. The molecular formula is C25H39IN6. The van der Waals surface area contributed by atoms with E-state index in [4.69, 9.17) is 4.99 Å². The second-order valence-electron chi connectivity index (χ2n) is 9.32.